The Labute approximate surface area is 185 Å². The van der Waals surface area contributed by atoms with Crippen molar-refractivity contribution in [1.29, 1.82) is 0 Å². The predicted octanol–water partition coefficient (Wildman–Crippen LogP) is 6.23. The molecule has 6 heteroatoms. The minimum Gasteiger partial charge on any atom is -0.478 e. The van der Waals surface area contributed by atoms with E-state index >= 15 is 0 Å². The van der Waals surface area contributed by atoms with E-state index in [2.05, 4.69) is 10.6 Å². The molecule has 4 rings (SSSR count). The number of halogens is 2. The fraction of sp³-hybridized carbons (Fsp3) is 0.250. The van der Waals surface area contributed by atoms with Gasteiger partial charge in [0.2, 0.25) is 0 Å². The number of aromatic nitrogens is 1. The Hall–Kier alpha value is -2.56. The number of rotatable bonds is 5. The largest absolute Gasteiger partial charge is 0.478 e. The van der Waals surface area contributed by atoms with Crippen molar-refractivity contribution in [1.82, 2.24) is 4.57 Å². The van der Waals surface area contributed by atoms with Crippen LogP contribution in [0.5, 0.6) is 0 Å². The minimum atomic E-state index is -0.970. The molecule has 0 amide bonds. The van der Waals surface area contributed by atoms with E-state index in [9.17, 15) is 14.7 Å². The van der Waals surface area contributed by atoms with E-state index in [1.165, 1.54) is 0 Å². The normalized spacial score (nSPS) is 15.6. The predicted molar refractivity (Wildman–Crippen MR) is 119 cm³/mol. The van der Waals surface area contributed by atoms with E-state index in [4.69, 9.17) is 23.2 Å². The molecule has 4 nitrogen and oxygen atoms in total. The zero-order valence-electron chi connectivity index (χ0n) is 16.5. The number of carboxylic acids is 1. The van der Waals surface area contributed by atoms with E-state index in [0.717, 1.165) is 41.0 Å². The van der Waals surface area contributed by atoms with Gasteiger partial charge in [0, 0.05) is 29.3 Å². The van der Waals surface area contributed by atoms with Gasteiger partial charge in [-0.05, 0) is 61.2 Å². The van der Waals surface area contributed by atoms with Crippen LogP contribution in [-0.2, 0) is 17.6 Å². The lowest BCUT2D eigenvalue weighted by molar-refractivity contribution is -0.122. The lowest BCUT2D eigenvalue weighted by atomic mass is 9.84. The lowest BCUT2D eigenvalue weighted by Crippen LogP contribution is -2.22. The fourth-order valence-corrected chi connectivity index (χ4v) is 4.53. The fourth-order valence-electron chi connectivity index (χ4n) is 4.23. The second-order valence-electron chi connectivity index (χ2n) is 7.58. The highest BCUT2D eigenvalue weighted by molar-refractivity contribution is 6.42. The van der Waals surface area contributed by atoms with Crippen molar-refractivity contribution in [2.24, 2.45) is 5.92 Å². The van der Waals surface area contributed by atoms with Crippen LogP contribution in [-0.4, -0.2) is 21.4 Å². The molecule has 1 aliphatic carbocycles. The monoisotopic (exact) mass is 441 g/mol. The third-order valence-electron chi connectivity index (χ3n) is 5.76. The van der Waals surface area contributed by atoms with E-state index in [-0.39, 0.29) is 17.3 Å². The summed E-state index contributed by atoms with van der Waals surface area (Å²) in [5.74, 6) is -0.648. The maximum absolute atomic E-state index is 12.3. The molecule has 0 radical (unpaired) electrons. The maximum atomic E-state index is 12.3. The minimum absolute atomic E-state index is 0.0327. The Morgan fingerprint density at radius 3 is 2.60 bits per heavy atom. The summed E-state index contributed by atoms with van der Waals surface area (Å²) in [6, 6.07) is 14.5. The number of carbonyl (C=O) groups is 2. The van der Waals surface area contributed by atoms with E-state index in [1.54, 1.807) is 24.3 Å². The first kappa shape index (κ1) is 20.7. The van der Waals surface area contributed by atoms with Crippen LogP contribution in [0.2, 0.25) is 10.0 Å². The number of hydrogen-bond donors (Lipinski definition) is 1. The van der Waals surface area contributed by atoms with Gasteiger partial charge in [-0.2, -0.15) is 0 Å². The molecule has 0 bridgehead atoms. The van der Waals surface area contributed by atoms with E-state index < -0.39 is 5.97 Å². The van der Waals surface area contributed by atoms with Gasteiger partial charge in [-0.25, -0.2) is 4.79 Å². The molecule has 1 aromatic heterocycles. The molecule has 1 aliphatic rings. The molecule has 0 fully saturated rings. The number of benzene rings is 2. The smallest absolute Gasteiger partial charge is 0.335 e. The molecule has 0 saturated heterocycles. The quantitative estimate of drug-likeness (QED) is 0.509. The van der Waals surface area contributed by atoms with Gasteiger partial charge in [0.15, 0.2) is 0 Å². The van der Waals surface area contributed by atoms with Crippen LogP contribution < -0.4 is 0 Å². The second kappa shape index (κ2) is 8.29. The molecule has 1 N–H and O–H groups in total. The molecular formula is C24H21Cl2NO3. The summed E-state index contributed by atoms with van der Waals surface area (Å²) in [6.45, 7) is 1.90. The van der Waals surface area contributed by atoms with Crippen LogP contribution in [0.3, 0.4) is 0 Å². The van der Waals surface area contributed by atoms with Crippen LogP contribution in [0, 0.1) is 5.92 Å². The number of fused-ring (bicyclic) bond motifs is 1. The number of aromatic carboxylic acids is 1. The Morgan fingerprint density at radius 2 is 1.90 bits per heavy atom. The Bertz CT molecular complexity index is 1150. The Balaban J connectivity index is 1.90. The van der Waals surface area contributed by atoms with Crippen LogP contribution in [0.15, 0.2) is 48.5 Å². The molecule has 0 spiro atoms. The van der Waals surface area contributed by atoms with Gasteiger partial charge in [0.05, 0.1) is 21.3 Å². The van der Waals surface area contributed by atoms with Crippen LogP contribution in [0.25, 0.3) is 16.9 Å². The SMILES string of the molecule is CCC(=O)C1CCc2c(cc(-c3ccc(Cl)c(Cl)c3)n2-c2cccc(C(=O)O)c2)C1. The van der Waals surface area contributed by atoms with E-state index in [1.807, 2.05) is 25.1 Å². The molecule has 0 aliphatic heterocycles. The summed E-state index contributed by atoms with van der Waals surface area (Å²) in [5.41, 5.74) is 5.03. The maximum Gasteiger partial charge on any atom is 0.335 e. The first-order chi connectivity index (χ1) is 14.4. The third kappa shape index (κ3) is 3.78. The standard InChI is InChI=1S/C24H21Cl2NO3/c1-2-23(28)15-7-9-21-17(10-15)13-22(14-6-8-19(25)20(26)12-14)27(21)18-5-3-4-16(11-18)24(29)30/h3-6,8,11-13,15H,2,7,9-10H2,1H3,(H,29,30). The summed E-state index contributed by atoms with van der Waals surface area (Å²) < 4.78 is 2.09. The highest BCUT2D eigenvalue weighted by Crippen LogP contribution is 2.37. The van der Waals surface area contributed by atoms with Gasteiger partial charge in [-0.15, -0.1) is 0 Å². The van der Waals surface area contributed by atoms with Crippen molar-refractivity contribution in [3.8, 4) is 16.9 Å². The molecule has 3 aromatic rings. The van der Waals surface area contributed by atoms with Gasteiger partial charge in [-0.3, -0.25) is 4.79 Å². The average Bonchev–Trinajstić information content (AvgIpc) is 3.13. The molecule has 1 atom stereocenters. The van der Waals surface area contributed by atoms with Gasteiger partial charge >= 0.3 is 5.97 Å². The van der Waals surface area contributed by atoms with E-state index in [0.29, 0.717) is 22.9 Å². The lowest BCUT2D eigenvalue weighted by Gasteiger charge is -2.23. The average molecular weight is 442 g/mol. The van der Waals surface area contributed by atoms with Gasteiger partial charge in [-0.1, -0.05) is 42.3 Å². The third-order valence-corrected chi connectivity index (χ3v) is 6.50. The number of hydrogen-bond acceptors (Lipinski definition) is 2. The summed E-state index contributed by atoms with van der Waals surface area (Å²) in [5, 5.41) is 10.4. The highest BCUT2D eigenvalue weighted by atomic mass is 35.5. The van der Waals surface area contributed by atoms with Gasteiger partial charge in [0.25, 0.3) is 0 Å². The summed E-state index contributed by atoms with van der Waals surface area (Å²) in [6.07, 6.45) is 2.79. The molecule has 1 unspecified atom stereocenters. The van der Waals surface area contributed by atoms with Crippen molar-refractivity contribution in [2.75, 3.05) is 0 Å². The van der Waals surface area contributed by atoms with Crippen molar-refractivity contribution >= 4 is 35.0 Å². The van der Waals surface area contributed by atoms with Crippen LogP contribution in [0.1, 0.15) is 41.4 Å². The van der Waals surface area contributed by atoms with Crippen molar-refractivity contribution < 1.29 is 14.7 Å². The second-order valence-corrected chi connectivity index (χ2v) is 8.40. The zero-order chi connectivity index (χ0) is 21.4. The highest BCUT2D eigenvalue weighted by Gasteiger charge is 2.28. The Morgan fingerprint density at radius 1 is 1.10 bits per heavy atom. The first-order valence-electron chi connectivity index (χ1n) is 9.94. The summed E-state index contributed by atoms with van der Waals surface area (Å²) in [7, 11) is 0. The van der Waals surface area contributed by atoms with Crippen molar-refractivity contribution in [3.63, 3.8) is 0 Å². The van der Waals surface area contributed by atoms with Gasteiger partial charge in [0.1, 0.15) is 5.78 Å². The zero-order valence-corrected chi connectivity index (χ0v) is 18.0. The number of carboxylic acid groups (broad SMARTS) is 1. The number of Topliss-reactive ketones (excluding diaryl/α,β-unsaturated/α-hetero) is 1. The number of carbonyl (C=O) groups excluding carboxylic acids is 1. The van der Waals surface area contributed by atoms with Gasteiger partial charge < -0.3 is 9.67 Å². The summed E-state index contributed by atoms with van der Waals surface area (Å²) in [4.78, 5) is 23.8. The van der Waals surface area contributed by atoms with Crippen LogP contribution >= 0.6 is 23.2 Å². The Kier molecular flexibility index (Phi) is 5.72. The van der Waals surface area contributed by atoms with Crippen molar-refractivity contribution in [2.45, 2.75) is 32.6 Å². The van der Waals surface area contributed by atoms with Crippen molar-refractivity contribution in [3.05, 3.63) is 75.4 Å². The molecule has 154 valence electrons. The number of ketones is 1. The molecule has 30 heavy (non-hydrogen) atoms. The molecule has 0 saturated carbocycles. The molecular weight excluding hydrogens is 421 g/mol. The van der Waals surface area contributed by atoms with Crippen LogP contribution in [0.4, 0.5) is 0 Å². The first-order valence-corrected chi connectivity index (χ1v) is 10.7. The summed E-state index contributed by atoms with van der Waals surface area (Å²) >= 11 is 12.4. The number of nitrogens with zero attached hydrogens (tertiary/aromatic N) is 1. The topological polar surface area (TPSA) is 59.3 Å². The molecule has 2 aromatic carbocycles. The molecule has 1 heterocycles.